The number of ketones is 1. The molecule has 0 spiro atoms. The molecule has 0 atom stereocenters. The first-order chi connectivity index (χ1) is 13.8. The minimum absolute atomic E-state index is 0.0547. The van der Waals surface area contributed by atoms with Gasteiger partial charge < -0.3 is 4.74 Å². The molecule has 0 unspecified atom stereocenters. The molecule has 0 radical (unpaired) electrons. The molecule has 1 fully saturated rings. The van der Waals surface area contributed by atoms with Gasteiger partial charge in [0.2, 0.25) is 15.8 Å². The van der Waals surface area contributed by atoms with E-state index in [4.69, 9.17) is 4.74 Å². The second-order valence-electron chi connectivity index (χ2n) is 6.44. The number of Topliss-reactive ketones (excluding diaryl/α,β-unsaturated/α-hetero) is 1. The average molecular weight is 418 g/mol. The summed E-state index contributed by atoms with van der Waals surface area (Å²) < 4.78 is 31.3. The Kier molecular flexibility index (Phi) is 6.04. The van der Waals surface area contributed by atoms with E-state index in [1.807, 2.05) is 0 Å². The number of esters is 1. The van der Waals surface area contributed by atoms with Crippen molar-refractivity contribution >= 4 is 27.5 Å². The molecule has 152 valence electrons. The maximum absolute atomic E-state index is 12.5. The molecule has 1 saturated heterocycles. The number of nitrogens with zero attached hydrogens (tertiary/aromatic N) is 2. The van der Waals surface area contributed by atoms with Crippen LogP contribution < -0.4 is 0 Å². The van der Waals surface area contributed by atoms with Crippen LogP contribution in [0.1, 0.15) is 33.6 Å². The quantitative estimate of drug-likeness (QED) is 0.293. The summed E-state index contributed by atoms with van der Waals surface area (Å²) in [6.45, 7) is 0.367. The van der Waals surface area contributed by atoms with Gasteiger partial charge in [0.15, 0.2) is 6.61 Å². The monoisotopic (exact) mass is 418 g/mol. The van der Waals surface area contributed by atoms with E-state index in [1.165, 1.54) is 46.8 Å². The average Bonchev–Trinajstić information content (AvgIpc) is 3.27. The number of carbonyl (C=O) groups is 2. The number of nitro groups is 1. The molecule has 3 rings (SSSR count). The molecule has 1 aliphatic rings. The Morgan fingerprint density at radius 2 is 1.69 bits per heavy atom. The molecule has 0 bridgehead atoms. The Balaban J connectivity index is 1.63. The highest BCUT2D eigenvalue weighted by Gasteiger charge is 2.27. The lowest BCUT2D eigenvalue weighted by atomic mass is 10.1. The van der Waals surface area contributed by atoms with Crippen molar-refractivity contribution in [3.63, 3.8) is 0 Å². The predicted octanol–water partition coefficient (Wildman–Crippen LogP) is 2.42. The van der Waals surface area contributed by atoms with Crippen molar-refractivity contribution in [2.75, 3.05) is 19.7 Å². The maximum Gasteiger partial charge on any atom is 0.338 e. The zero-order chi connectivity index (χ0) is 21.0. The Bertz CT molecular complexity index is 1040. The van der Waals surface area contributed by atoms with Gasteiger partial charge >= 0.3 is 5.97 Å². The number of carbonyl (C=O) groups excluding carboxylic acids is 2. The van der Waals surface area contributed by atoms with Crippen LogP contribution in [0.3, 0.4) is 0 Å². The van der Waals surface area contributed by atoms with Crippen LogP contribution in [0, 0.1) is 10.1 Å². The number of benzene rings is 2. The highest BCUT2D eigenvalue weighted by atomic mass is 32.2. The number of hydrogen-bond acceptors (Lipinski definition) is 7. The Hall–Kier alpha value is -3.11. The van der Waals surface area contributed by atoms with E-state index in [1.54, 1.807) is 0 Å². The first kappa shape index (κ1) is 20.6. The topological polar surface area (TPSA) is 124 Å². The number of ether oxygens (including phenoxy) is 1. The van der Waals surface area contributed by atoms with Crippen LogP contribution in [0.15, 0.2) is 53.4 Å². The van der Waals surface area contributed by atoms with Crippen LogP contribution in [0.5, 0.6) is 0 Å². The molecular formula is C19H18N2O7S. The van der Waals surface area contributed by atoms with E-state index in [2.05, 4.69) is 0 Å². The highest BCUT2D eigenvalue weighted by Crippen LogP contribution is 2.21. The molecule has 2 aromatic rings. The van der Waals surface area contributed by atoms with Gasteiger partial charge in [0.1, 0.15) is 0 Å². The van der Waals surface area contributed by atoms with Gasteiger partial charge in [-0.2, -0.15) is 4.31 Å². The molecule has 0 N–H and O–H groups in total. The predicted molar refractivity (Wildman–Crippen MR) is 102 cm³/mol. The molecule has 1 heterocycles. The second-order valence-corrected chi connectivity index (χ2v) is 8.38. The van der Waals surface area contributed by atoms with E-state index in [9.17, 15) is 28.1 Å². The van der Waals surface area contributed by atoms with Gasteiger partial charge in [-0.3, -0.25) is 14.9 Å². The summed E-state index contributed by atoms with van der Waals surface area (Å²) in [6.07, 6.45) is 1.64. The zero-order valence-corrected chi connectivity index (χ0v) is 16.1. The number of sulfonamides is 1. The third-order valence-corrected chi connectivity index (χ3v) is 6.42. The van der Waals surface area contributed by atoms with E-state index in [0.717, 1.165) is 18.9 Å². The van der Waals surface area contributed by atoms with E-state index >= 15 is 0 Å². The summed E-state index contributed by atoms with van der Waals surface area (Å²) in [6, 6.07) is 10.4. The van der Waals surface area contributed by atoms with Gasteiger partial charge in [0.25, 0.3) is 5.69 Å². The van der Waals surface area contributed by atoms with Crippen molar-refractivity contribution in [1.29, 1.82) is 0 Å². The van der Waals surface area contributed by atoms with Crippen LogP contribution in [0.25, 0.3) is 0 Å². The molecule has 1 aliphatic heterocycles. The smallest absolute Gasteiger partial charge is 0.338 e. The first-order valence-electron chi connectivity index (χ1n) is 8.84. The standard InChI is InChI=1S/C19H18N2O7S/c22-18(15-4-3-5-16(12-15)21(24)25)13-28-19(23)14-6-8-17(9-7-14)29(26,27)20-10-1-2-11-20/h3-9,12H,1-2,10-11,13H2. The number of rotatable bonds is 7. The molecule has 2 aromatic carbocycles. The van der Waals surface area contributed by atoms with Gasteiger partial charge in [-0.25, -0.2) is 13.2 Å². The maximum atomic E-state index is 12.5. The zero-order valence-electron chi connectivity index (χ0n) is 15.3. The van der Waals surface area contributed by atoms with E-state index < -0.39 is 33.3 Å². The summed E-state index contributed by atoms with van der Waals surface area (Å²) in [5, 5.41) is 10.8. The summed E-state index contributed by atoms with van der Waals surface area (Å²) in [5.41, 5.74) is -0.0896. The summed E-state index contributed by atoms with van der Waals surface area (Å²) in [5.74, 6) is -1.39. The lowest BCUT2D eigenvalue weighted by Gasteiger charge is -2.15. The third kappa shape index (κ3) is 4.66. The Labute approximate surface area is 167 Å². The van der Waals surface area contributed by atoms with Gasteiger partial charge in [-0.05, 0) is 37.1 Å². The van der Waals surface area contributed by atoms with Crippen LogP contribution in [-0.4, -0.2) is 49.1 Å². The summed E-state index contributed by atoms with van der Waals surface area (Å²) in [7, 11) is -3.58. The van der Waals surface area contributed by atoms with E-state index in [0.29, 0.717) is 13.1 Å². The lowest BCUT2D eigenvalue weighted by molar-refractivity contribution is -0.384. The van der Waals surface area contributed by atoms with Crippen molar-refractivity contribution in [2.45, 2.75) is 17.7 Å². The summed E-state index contributed by atoms with van der Waals surface area (Å²) in [4.78, 5) is 34.5. The van der Waals surface area contributed by atoms with Crippen molar-refractivity contribution in [2.24, 2.45) is 0 Å². The normalized spacial score (nSPS) is 14.5. The van der Waals surface area contributed by atoms with E-state index in [-0.39, 0.29) is 21.7 Å². The van der Waals surface area contributed by atoms with Crippen LogP contribution in [0.4, 0.5) is 5.69 Å². The van der Waals surface area contributed by atoms with Crippen LogP contribution in [-0.2, 0) is 14.8 Å². The highest BCUT2D eigenvalue weighted by molar-refractivity contribution is 7.89. The SMILES string of the molecule is O=C(COC(=O)c1ccc(S(=O)(=O)N2CCCC2)cc1)c1cccc([N+](=O)[O-])c1. The second kappa shape index (κ2) is 8.50. The first-order valence-corrected chi connectivity index (χ1v) is 10.3. The fourth-order valence-electron chi connectivity index (χ4n) is 2.93. The van der Waals surface area contributed by atoms with Gasteiger partial charge in [0.05, 0.1) is 15.4 Å². The number of nitro benzene ring substituents is 1. The van der Waals surface area contributed by atoms with Crippen molar-refractivity contribution < 1.29 is 27.7 Å². The molecule has 0 amide bonds. The molecule has 9 nitrogen and oxygen atoms in total. The fourth-order valence-corrected chi connectivity index (χ4v) is 4.45. The molecule has 10 heteroatoms. The fraction of sp³-hybridized carbons (Fsp3) is 0.263. The Morgan fingerprint density at radius 1 is 1.03 bits per heavy atom. The minimum Gasteiger partial charge on any atom is -0.454 e. The summed E-state index contributed by atoms with van der Waals surface area (Å²) >= 11 is 0. The number of hydrogen-bond donors (Lipinski definition) is 0. The van der Waals surface area contributed by atoms with Crippen molar-refractivity contribution in [3.8, 4) is 0 Å². The lowest BCUT2D eigenvalue weighted by Crippen LogP contribution is -2.27. The molecule has 0 aliphatic carbocycles. The molecule has 29 heavy (non-hydrogen) atoms. The van der Waals surface area contributed by atoms with Gasteiger partial charge in [-0.1, -0.05) is 12.1 Å². The van der Waals surface area contributed by atoms with Gasteiger partial charge in [0, 0.05) is 30.8 Å². The van der Waals surface area contributed by atoms with Crippen LogP contribution in [0.2, 0.25) is 0 Å². The van der Waals surface area contributed by atoms with Crippen LogP contribution >= 0.6 is 0 Å². The molecule has 0 aromatic heterocycles. The minimum atomic E-state index is -3.58. The molecular weight excluding hydrogens is 400 g/mol. The Morgan fingerprint density at radius 3 is 2.31 bits per heavy atom. The van der Waals surface area contributed by atoms with Crippen molar-refractivity contribution in [3.05, 3.63) is 69.8 Å². The van der Waals surface area contributed by atoms with Gasteiger partial charge in [-0.15, -0.1) is 0 Å². The van der Waals surface area contributed by atoms with Crippen molar-refractivity contribution in [1.82, 2.24) is 4.31 Å². The number of non-ortho nitro benzene ring substituents is 1. The largest absolute Gasteiger partial charge is 0.454 e. The molecule has 0 saturated carbocycles. The third-order valence-electron chi connectivity index (χ3n) is 4.51.